The lowest BCUT2D eigenvalue weighted by molar-refractivity contribution is 0.145. The van der Waals surface area contributed by atoms with E-state index in [2.05, 4.69) is 61.7 Å². The maximum Gasteiger partial charge on any atom is 0.509 e. The van der Waals surface area contributed by atoms with Crippen molar-refractivity contribution >= 4 is 117 Å². The second-order valence-corrected chi connectivity index (χ2v) is 17.9. The molecule has 0 saturated carbocycles. The number of anilines is 4. The second kappa shape index (κ2) is 25.1. The normalized spacial score (nSPS) is 17.8. The van der Waals surface area contributed by atoms with Crippen LogP contribution >= 0.6 is 45.3 Å². The molecule has 29 heteroatoms. The van der Waals surface area contributed by atoms with E-state index in [9.17, 15) is 5.11 Å². The van der Waals surface area contributed by atoms with Crippen LogP contribution in [0.3, 0.4) is 0 Å². The number of β-amino-alcohol motifs (C(OH)–C–C–N with tert-alkyl or cyclic N) is 1. The third-order valence-corrected chi connectivity index (χ3v) is 13.7. The molecule has 0 unspecified atom stereocenters. The molecule has 0 bridgehead atoms. The van der Waals surface area contributed by atoms with Crippen molar-refractivity contribution in [2.24, 2.45) is 0 Å². The van der Waals surface area contributed by atoms with Crippen LogP contribution < -0.4 is 47.3 Å². The first-order valence-electron chi connectivity index (χ1n) is 20.0. The molecule has 4 fully saturated rings. The number of thiazole rings is 4. The fourth-order valence-corrected chi connectivity index (χ4v) is 9.94. The van der Waals surface area contributed by atoms with Crippen molar-refractivity contribution < 1.29 is 50.4 Å². The maximum atomic E-state index is 9.34. The Morgan fingerprint density at radius 2 is 0.852 bits per heavy atom. The fourth-order valence-electron chi connectivity index (χ4n) is 6.38. The number of aliphatic hydroxyl groups excluding tert-OH is 2. The number of piperidine rings is 1. The van der Waals surface area contributed by atoms with Crippen LogP contribution in [-0.2, 0) is 0 Å². The van der Waals surface area contributed by atoms with Crippen LogP contribution in [-0.4, -0.2) is 227 Å². The molecule has 0 radical (unpaired) electrons. The van der Waals surface area contributed by atoms with Gasteiger partial charge in [0.25, 0.3) is 0 Å². The van der Waals surface area contributed by atoms with Gasteiger partial charge in [-0.1, -0.05) is 0 Å². The van der Waals surface area contributed by atoms with E-state index >= 15 is 0 Å². The van der Waals surface area contributed by atoms with Crippen LogP contribution in [0.2, 0.25) is 0 Å². The van der Waals surface area contributed by atoms with Crippen LogP contribution in [0.5, 0.6) is 0 Å². The molecule has 61 heavy (non-hydrogen) atoms. The van der Waals surface area contributed by atoms with Crippen molar-refractivity contribution in [2.75, 3.05) is 131 Å². The summed E-state index contributed by atoms with van der Waals surface area (Å²) in [5.41, 5.74) is 1.28. The van der Waals surface area contributed by atoms with Crippen molar-refractivity contribution in [1.29, 1.82) is 0 Å². The van der Waals surface area contributed by atoms with Gasteiger partial charge >= 0.3 is 28.5 Å². The quantitative estimate of drug-likeness (QED) is 0.0660. The number of hydrogen-bond donors (Lipinski definition) is 11. The molecule has 4 saturated heterocycles. The number of piperazine rings is 3. The number of aliphatic hydroxyl groups is 2. The number of nitrogens with one attached hydrogen (secondary N) is 1. The van der Waals surface area contributed by atoms with E-state index in [0.29, 0.717) is 28.9 Å². The SMILES string of the molecule is CN1CCN(c2nc(B(O)O)cs2)CC1.OB(O)c1csc(N2CCC(O)CC2)n1.OB(O)c1csc(N2CCNCC2)n1.OCCN1CCN(c2nc(B(O)O)cs2)CC1. The van der Waals surface area contributed by atoms with E-state index < -0.39 is 28.5 Å². The summed E-state index contributed by atoms with van der Waals surface area (Å²) in [7, 11) is -3.80. The minimum Gasteiger partial charge on any atom is -0.422 e. The largest absolute Gasteiger partial charge is 0.509 e. The molecule has 0 aliphatic carbocycles. The van der Waals surface area contributed by atoms with Gasteiger partial charge in [-0.2, -0.15) is 0 Å². The van der Waals surface area contributed by atoms with Gasteiger partial charge in [0.05, 0.1) is 35.1 Å². The molecule has 4 aromatic heterocycles. The lowest BCUT2D eigenvalue weighted by Gasteiger charge is -2.34. The third-order valence-electron chi connectivity index (χ3n) is 10.1. The van der Waals surface area contributed by atoms with Gasteiger partial charge in [-0.05, 0) is 19.9 Å². The van der Waals surface area contributed by atoms with Gasteiger partial charge in [0.15, 0.2) is 20.5 Å². The average Bonchev–Trinajstić information content (AvgIpc) is 4.11. The molecule has 0 atom stereocenters. The summed E-state index contributed by atoms with van der Waals surface area (Å²) in [4.78, 5) is 29.6. The Morgan fingerprint density at radius 1 is 0.525 bits per heavy atom. The first kappa shape index (κ1) is 49.5. The predicted molar refractivity (Wildman–Crippen MR) is 246 cm³/mol. The van der Waals surface area contributed by atoms with Crippen LogP contribution in [0.4, 0.5) is 20.5 Å². The van der Waals surface area contributed by atoms with Crippen molar-refractivity contribution in [1.82, 2.24) is 35.1 Å². The van der Waals surface area contributed by atoms with Crippen LogP contribution in [0, 0.1) is 0 Å². The number of aromatic nitrogens is 4. The molecular formula is C32H55B4N11O10S4. The van der Waals surface area contributed by atoms with Gasteiger partial charge in [-0.3, -0.25) is 4.90 Å². The highest BCUT2D eigenvalue weighted by molar-refractivity contribution is 7.15. The molecule has 21 nitrogen and oxygen atoms in total. The highest BCUT2D eigenvalue weighted by Crippen LogP contribution is 2.22. The highest BCUT2D eigenvalue weighted by Gasteiger charge is 2.25. The van der Waals surface area contributed by atoms with E-state index in [1.807, 2.05) is 0 Å². The Morgan fingerprint density at radius 3 is 1.18 bits per heavy atom. The zero-order valence-electron chi connectivity index (χ0n) is 34.0. The molecule has 11 N–H and O–H groups in total. The Bertz CT molecular complexity index is 1760. The predicted octanol–water partition coefficient (Wildman–Crippen LogP) is -6.47. The zero-order chi connectivity index (χ0) is 43.9. The molecule has 0 aromatic carbocycles. The summed E-state index contributed by atoms with van der Waals surface area (Å²) < 4.78 is 0. The molecule has 0 amide bonds. The summed E-state index contributed by atoms with van der Waals surface area (Å²) in [5, 5.41) is 103. The Balaban J connectivity index is 0.000000154. The van der Waals surface area contributed by atoms with E-state index in [-0.39, 0.29) is 12.7 Å². The van der Waals surface area contributed by atoms with Crippen molar-refractivity contribution in [3.63, 3.8) is 0 Å². The Kier molecular flexibility index (Phi) is 20.3. The maximum absolute atomic E-state index is 9.34. The van der Waals surface area contributed by atoms with Gasteiger partial charge in [-0.25, -0.2) is 19.9 Å². The molecule has 334 valence electrons. The Hall–Kier alpha value is -2.54. The van der Waals surface area contributed by atoms with Crippen molar-refractivity contribution in [3.05, 3.63) is 21.5 Å². The van der Waals surface area contributed by atoms with Gasteiger partial charge in [0, 0.05) is 120 Å². The number of hydrogen-bond acceptors (Lipinski definition) is 25. The highest BCUT2D eigenvalue weighted by atomic mass is 32.1. The molecular weight excluding hydrogens is 870 g/mol. The van der Waals surface area contributed by atoms with Crippen LogP contribution in [0.15, 0.2) is 21.5 Å². The Labute approximate surface area is 372 Å². The number of rotatable bonds is 10. The molecule has 4 aromatic rings. The lowest BCUT2D eigenvalue weighted by atomic mass is 9.88. The van der Waals surface area contributed by atoms with Crippen molar-refractivity contribution in [3.8, 4) is 0 Å². The monoisotopic (exact) mass is 925 g/mol. The standard InChI is InChI=1S/C9H16BN3O3S.C8H14BN3O2S.C8H13BN2O3S.C7H12BN3O2S/c14-6-5-12-1-3-13(4-2-12)9-11-8(7-17-9)10(15)16;1-11-2-4-12(5-3-11)8-10-7(6-15-8)9(13)14;12-6-1-3-11(4-2-6)8-10-7(5-15-8)9(13)14;12-8(13)6-5-14-7(10-6)11-3-1-9-2-4-11/h7,14-16H,1-6H2;6,13-14H,2-5H2,1H3;5-6,12-14H,1-4H2;5,9,12-13H,1-4H2. The van der Waals surface area contributed by atoms with Gasteiger partial charge < -0.3 is 80.2 Å². The van der Waals surface area contributed by atoms with Gasteiger partial charge in [0.1, 0.15) is 0 Å². The van der Waals surface area contributed by atoms with Gasteiger partial charge in [0.2, 0.25) is 0 Å². The van der Waals surface area contributed by atoms with Crippen molar-refractivity contribution in [2.45, 2.75) is 18.9 Å². The van der Waals surface area contributed by atoms with E-state index in [1.165, 1.54) is 45.3 Å². The first-order valence-corrected chi connectivity index (χ1v) is 23.5. The van der Waals surface area contributed by atoms with Crippen LogP contribution in [0.1, 0.15) is 12.8 Å². The fraction of sp³-hybridized carbons (Fsp3) is 0.625. The molecule has 0 spiro atoms. The molecule has 4 aliphatic heterocycles. The lowest BCUT2D eigenvalue weighted by Crippen LogP contribution is -2.47. The van der Waals surface area contributed by atoms with E-state index in [1.54, 1.807) is 21.5 Å². The summed E-state index contributed by atoms with van der Waals surface area (Å²) >= 11 is 5.74. The summed E-state index contributed by atoms with van der Waals surface area (Å²) in [6.07, 6.45) is 1.29. The average molecular weight is 925 g/mol. The second-order valence-electron chi connectivity index (χ2n) is 14.5. The zero-order valence-corrected chi connectivity index (χ0v) is 37.3. The molecule has 8 rings (SSSR count). The first-order chi connectivity index (χ1) is 29.3. The van der Waals surface area contributed by atoms with Gasteiger partial charge in [-0.15, -0.1) is 45.3 Å². The topological polar surface area (TPSA) is 285 Å². The number of likely N-dealkylation sites (N-methyl/N-ethyl adjacent to an activating group) is 1. The van der Waals surface area contributed by atoms with E-state index in [0.717, 1.165) is 125 Å². The minimum atomic E-state index is -1.50. The smallest absolute Gasteiger partial charge is 0.422 e. The van der Waals surface area contributed by atoms with Crippen LogP contribution in [0.25, 0.3) is 0 Å². The number of nitrogens with zero attached hydrogens (tertiary/aromatic N) is 10. The van der Waals surface area contributed by atoms with E-state index in [4.69, 9.17) is 45.3 Å². The summed E-state index contributed by atoms with van der Waals surface area (Å²) in [6, 6.07) is 0. The summed E-state index contributed by atoms with van der Waals surface area (Å²) in [5.74, 6) is 0. The molecule has 4 aliphatic rings. The minimum absolute atomic E-state index is 0.193. The third kappa shape index (κ3) is 15.6. The summed E-state index contributed by atoms with van der Waals surface area (Å²) in [6.45, 7) is 13.7. The molecule has 8 heterocycles.